The Morgan fingerprint density at radius 3 is 2.76 bits per heavy atom. The second-order valence-corrected chi connectivity index (χ2v) is 5.71. The highest BCUT2D eigenvalue weighted by molar-refractivity contribution is 7.99. The van der Waals surface area contributed by atoms with Crippen LogP contribution >= 0.6 is 11.8 Å². The number of hydrogen-bond acceptors (Lipinski definition) is 3. The Hall–Kier alpha value is -1.64. The zero-order chi connectivity index (χ0) is 15.6. The molecule has 1 atom stereocenters. The van der Waals surface area contributed by atoms with Crippen molar-refractivity contribution < 1.29 is 27.9 Å². The molecule has 116 valence electrons. The van der Waals surface area contributed by atoms with E-state index in [1.807, 2.05) is 0 Å². The number of rotatable bonds is 3. The molecule has 1 fully saturated rings. The minimum Gasteiger partial charge on any atom is -0.480 e. The van der Waals surface area contributed by atoms with E-state index in [0.717, 1.165) is 15.7 Å². The Labute approximate surface area is 122 Å². The molecule has 1 aromatic rings. The van der Waals surface area contributed by atoms with Gasteiger partial charge in [0.15, 0.2) is 0 Å². The highest BCUT2D eigenvalue weighted by Gasteiger charge is 2.35. The van der Waals surface area contributed by atoms with E-state index in [2.05, 4.69) is 0 Å². The van der Waals surface area contributed by atoms with Gasteiger partial charge in [-0.2, -0.15) is 24.9 Å². The van der Waals surface area contributed by atoms with Crippen LogP contribution in [-0.2, 0) is 11.3 Å². The number of carbonyl (C=O) groups excluding carboxylic acids is 1. The van der Waals surface area contributed by atoms with Crippen LogP contribution in [0, 0.1) is 0 Å². The van der Waals surface area contributed by atoms with Gasteiger partial charge in [-0.3, -0.25) is 4.79 Å². The number of hydrogen-bond donors (Lipinski definition) is 1. The molecule has 1 unspecified atom stereocenters. The Morgan fingerprint density at radius 2 is 2.14 bits per heavy atom. The maximum atomic E-state index is 12.5. The average molecular weight is 322 g/mol. The molecule has 1 aliphatic heterocycles. The molecule has 1 saturated heterocycles. The Balaban J connectivity index is 2.23. The molecule has 5 nitrogen and oxygen atoms in total. The number of nitrogens with zero attached hydrogens (tertiary/aromatic N) is 2. The highest BCUT2D eigenvalue weighted by Crippen LogP contribution is 2.22. The first kappa shape index (κ1) is 15.7. The molecular weight excluding hydrogens is 309 g/mol. The molecule has 0 spiro atoms. The predicted octanol–water partition coefficient (Wildman–Crippen LogP) is 1.69. The SMILES string of the molecule is O=C(O)C1CSCCN1C(=O)c1cccn1CC(F)(F)F. The number of aliphatic carboxylic acids is 1. The number of amides is 1. The molecule has 0 bridgehead atoms. The minimum atomic E-state index is -4.45. The predicted molar refractivity (Wildman–Crippen MR) is 70.3 cm³/mol. The Bertz CT molecular complexity index is 544. The summed E-state index contributed by atoms with van der Waals surface area (Å²) in [5.74, 6) is -1.03. The number of aromatic nitrogens is 1. The van der Waals surface area contributed by atoms with E-state index in [-0.39, 0.29) is 18.0 Å². The summed E-state index contributed by atoms with van der Waals surface area (Å²) in [7, 11) is 0. The summed E-state index contributed by atoms with van der Waals surface area (Å²) in [6.07, 6.45) is -3.28. The van der Waals surface area contributed by atoms with Crippen molar-refractivity contribution in [3.8, 4) is 0 Å². The number of carboxylic acids is 1. The van der Waals surface area contributed by atoms with E-state index >= 15 is 0 Å². The maximum absolute atomic E-state index is 12.5. The molecule has 2 rings (SSSR count). The highest BCUT2D eigenvalue weighted by atomic mass is 32.2. The molecule has 21 heavy (non-hydrogen) atoms. The van der Waals surface area contributed by atoms with Gasteiger partial charge in [-0.1, -0.05) is 0 Å². The fraction of sp³-hybridized carbons (Fsp3) is 0.500. The van der Waals surface area contributed by atoms with Crippen LogP contribution in [0.25, 0.3) is 0 Å². The summed E-state index contributed by atoms with van der Waals surface area (Å²) in [5.41, 5.74) is -0.148. The Kier molecular flexibility index (Phi) is 4.50. The largest absolute Gasteiger partial charge is 0.480 e. The molecule has 0 saturated carbocycles. The molecule has 2 heterocycles. The normalized spacial score (nSPS) is 19.6. The lowest BCUT2D eigenvalue weighted by Gasteiger charge is -2.32. The number of halogens is 3. The van der Waals surface area contributed by atoms with Crippen molar-refractivity contribution in [3.05, 3.63) is 24.0 Å². The van der Waals surface area contributed by atoms with Gasteiger partial charge in [0.2, 0.25) is 0 Å². The molecule has 0 radical (unpaired) electrons. The second-order valence-electron chi connectivity index (χ2n) is 4.56. The van der Waals surface area contributed by atoms with Crippen molar-refractivity contribution >= 4 is 23.6 Å². The first-order chi connectivity index (χ1) is 9.79. The first-order valence-electron chi connectivity index (χ1n) is 6.13. The van der Waals surface area contributed by atoms with Crippen molar-refractivity contribution in [1.29, 1.82) is 0 Å². The second kappa shape index (κ2) is 6.00. The van der Waals surface area contributed by atoms with Crippen molar-refractivity contribution in [1.82, 2.24) is 9.47 Å². The van der Waals surface area contributed by atoms with Gasteiger partial charge < -0.3 is 14.6 Å². The molecule has 1 amide bonds. The van der Waals surface area contributed by atoms with E-state index < -0.39 is 30.6 Å². The maximum Gasteiger partial charge on any atom is 0.406 e. The average Bonchev–Trinajstić information content (AvgIpc) is 2.83. The van der Waals surface area contributed by atoms with E-state index in [1.165, 1.54) is 23.9 Å². The Morgan fingerprint density at radius 1 is 1.43 bits per heavy atom. The molecule has 1 aliphatic rings. The summed E-state index contributed by atoms with van der Waals surface area (Å²) in [4.78, 5) is 24.6. The molecule has 1 aromatic heterocycles. The first-order valence-corrected chi connectivity index (χ1v) is 7.28. The zero-order valence-electron chi connectivity index (χ0n) is 10.8. The quantitative estimate of drug-likeness (QED) is 0.920. The monoisotopic (exact) mass is 322 g/mol. The fourth-order valence-electron chi connectivity index (χ4n) is 2.14. The third-order valence-electron chi connectivity index (χ3n) is 3.07. The van der Waals surface area contributed by atoms with Crippen molar-refractivity contribution in [2.45, 2.75) is 18.8 Å². The van der Waals surface area contributed by atoms with E-state index in [9.17, 15) is 22.8 Å². The molecule has 1 N–H and O–H groups in total. The lowest BCUT2D eigenvalue weighted by Crippen LogP contribution is -2.50. The van der Waals surface area contributed by atoms with Gasteiger partial charge in [0.1, 0.15) is 18.3 Å². The number of alkyl halides is 3. The topological polar surface area (TPSA) is 62.5 Å². The lowest BCUT2D eigenvalue weighted by atomic mass is 10.2. The third kappa shape index (κ3) is 3.72. The van der Waals surface area contributed by atoms with Crippen molar-refractivity contribution in [3.63, 3.8) is 0 Å². The number of carbonyl (C=O) groups is 2. The van der Waals surface area contributed by atoms with Gasteiger partial charge in [-0.05, 0) is 12.1 Å². The molecule has 0 aliphatic carbocycles. The van der Waals surface area contributed by atoms with Gasteiger partial charge in [0.25, 0.3) is 5.91 Å². The summed E-state index contributed by atoms with van der Waals surface area (Å²) >= 11 is 1.40. The smallest absolute Gasteiger partial charge is 0.406 e. The molecule has 0 aromatic carbocycles. The van der Waals surface area contributed by atoms with Crippen LogP contribution in [0.1, 0.15) is 10.5 Å². The van der Waals surface area contributed by atoms with Gasteiger partial charge in [0, 0.05) is 24.2 Å². The fourth-order valence-corrected chi connectivity index (χ4v) is 3.18. The van der Waals surface area contributed by atoms with Crippen LogP contribution in [0.2, 0.25) is 0 Å². The lowest BCUT2D eigenvalue weighted by molar-refractivity contribution is -0.142. The van der Waals surface area contributed by atoms with E-state index in [0.29, 0.717) is 5.75 Å². The molecular formula is C12H13F3N2O3S. The van der Waals surface area contributed by atoms with Gasteiger partial charge >= 0.3 is 12.1 Å². The summed E-state index contributed by atoms with van der Waals surface area (Å²) in [6.45, 7) is -1.07. The van der Waals surface area contributed by atoms with Crippen LogP contribution in [-0.4, -0.2) is 56.7 Å². The van der Waals surface area contributed by atoms with Crippen molar-refractivity contribution in [2.24, 2.45) is 0 Å². The summed E-state index contributed by atoms with van der Waals surface area (Å²) < 4.78 is 38.2. The van der Waals surface area contributed by atoms with Crippen LogP contribution in [0.5, 0.6) is 0 Å². The zero-order valence-corrected chi connectivity index (χ0v) is 11.7. The standard InChI is InChI=1S/C12H13F3N2O3S/c13-12(14,15)7-16-3-1-2-8(16)10(18)17-4-5-21-6-9(17)11(19)20/h1-3,9H,4-7H2,(H,19,20). The summed E-state index contributed by atoms with van der Waals surface area (Å²) in [5, 5.41) is 9.12. The van der Waals surface area contributed by atoms with Crippen LogP contribution < -0.4 is 0 Å². The van der Waals surface area contributed by atoms with Crippen LogP contribution in [0.4, 0.5) is 13.2 Å². The van der Waals surface area contributed by atoms with E-state index in [1.54, 1.807) is 0 Å². The van der Waals surface area contributed by atoms with Crippen LogP contribution in [0.15, 0.2) is 18.3 Å². The van der Waals surface area contributed by atoms with Crippen LogP contribution in [0.3, 0.4) is 0 Å². The van der Waals surface area contributed by atoms with E-state index in [4.69, 9.17) is 5.11 Å². The van der Waals surface area contributed by atoms with Crippen molar-refractivity contribution in [2.75, 3.05) is 18.1 Å². The number of carboxylic acid groups (broad SMARTS) is 1. The third-order valence-corrected chi connectivity index (χ3v) is 4.10. The van der Waals surface area contributed by atoms with Gasteiger partial charge in [-0.15, -0.1) is 0 Å². The van der Waals surface area contributed by atoms with Gasteiger partial charge in [0.05, 0.1) is 0 Å². The molecule has 9 heteroatoms. The minimum absolute atomic E-state index is 0.148. The summed E-state index contributed by atoms with van der Waals surface area (Å²) in [6, 6.07) is 1.60. The van der Waals surface area contributed by atoms with Gasteiger partial charge in [-0.25, -0.2) is 4.79 Å². The number of thioether (sulfide) groups is 1.